The van der Waals surface area contributed by atoms with Crippen LogP contribution in [0.4, 0.5) is 17.1 Å². The molecule has 170 valence electrons. The Kier molecular flexibility index (Phi) is 7.20. The molecule has 1 amide bonds. The van der Waals surface area contributed by atoms with E-state index in [9.17, 15) is 30.3 Å². The zero-order valence-electron chi connectivity index (χ0n) is 17.5. The van der Waals surface area contributed by atoms with Crippen molar-refractivity contribution in [2.45, 2.75) is 6.92 Å². The van der Waals surface area contributed by atoms with Gasteiger partial charge in [-0.1, -0.05) is 35.4 Å². The molecule has 3 rings (SSSR count). The molecule has 0 saturated heterocycles. The van der Waals surface area contributed by atoms with Crippen molar-refractivity contribution in [1.29, 1.82) is 5.26 Å². The number of halogens is 1. The molecule has 1 N–H and O–H groups in total. The number of nitro groups is 2. The summed E-state index contributed by atoms with van der Waals surface area (Å²) in [7, 11) is 0. The number of amides is 1. The van der Waals surface area contributed by atoms with Crippen LogP contribution in [-0.4, -0.2) is 15.8 Å². The predicted molar refractivity (Wildman–Crippen MR) is 125 cm³/mol. The summed E-state index contributed by atoms with van der Waals surface area (Å²) in [6.07, 6.45) is 1.33. The van der Waals surface area contributed by atoms with Gasteiger partial charge in [0.2, 0.25) is 5.75 Å². The lowest BCUT2D eigenvalue weighted by Crippen LogP contribution is -2.13. The second-order valence-corrected chi connectivity index (χ2v) is 7.36. The number of carbonyl (C=O) groups is 1. The van der Waals surface area contributed by atoms with E-state index < -0.39 is 27.1 Å². The minimum atomic E-state index is -0.806. The first-order chi connectivity index (χ1) is 16.2. The average molecular weight is 479 g/mol. The predicted octanol–water partition coefficient (Wildman–Crippen LogP) is 5.80. The maximum atomic E-state index is 12.4. The largest absolute Gasteiger partial charge is 0.449 e. The molecule has 0 atom stereocenters. The van der Waals surface area contributed by atoms with E-state index >= 15 is 0 Å². The Morgan fingerprint density at radius 2 is 1.71 bits per heavy atom. The van der Waals surface area contributed by atoms with Crippen LogP contribution in [0.3, 0.4) is 0 Å². The molecule has 0 aliphatic carbocycles. The van der Waals surface area contributed by atoms with E-state index in [0.29, 0.717) is 11.3 Å². The number of hydrogen-bond donors (Lipinski definition) is 1. The van der Waals surface area contributed by atoms with E-state index in [1.165, 1.54) is 24.3 Å². The molecule has 3 aromatic rings. The van der Waals surface area contributed by atoms with E-state index in [-0.39, 0.29) is 22.1 Å². The monoisotopic (exact) mass is 478 g/mol. The number of benzene rings is 3. The molecule has 11 heteroatoms. The smallest absolute Gasteiger partial charge is 0.318 e. The Morgan fingerprint density at radius 1 is 1.03 bits per heavy atom. The summed E-state index contributed by atoms with van der Waals surface area (Å²) in [6.45, 7) is 1.91. The minimum absolute atomic E-state index is 0.0395. The summed E-state index contributed by atoms with van der Waals surface area (Å²) < 4.78 is 5.50. The summed E-state index contributed by atoms with van der Waals surface area (Å²) in [5, 5.41) is 34.2. The van der Waals surface area contributed by atoms with E-state index in [0.717, 1.165) is 23.8 Å². The van der Waals surface area contributed by atoms with Gasteiger partial charge in [-0.3, -0.25) is 25.0 Å². The lowest BCUT2D eigenvalue weighted by atomic mass is 10.1. The van der Waals surface area contributed by atoms with Crippen molar-refractivity contribution in [2.24, 2.45) is 0 Å². The van der Waals surface area contributed by atoms with E-state index in [2.05, 4.69) is 5.32 Å². The Morgan fingerprint density at radius 3 is 2.29 bits per heavy atom. The number of nitriles is 1. The number of carbonyl (C=O) groups excluding carboxylic acids is 1. The van der Waals surface area contributed by atoms with Gasteiger partial charge in [-0.2, -0.15) is 5.26 Å². The maximum Gasteiger partial charge on any atom is 0.318 e. The number of non-ortho nitro benzene ring substituents is 1. The molecule has 34 heavy (non-hydrogen) atoms. The fourth-order valence-corrected chi connectivity index (χ4v) is 3.03. The van der Waals surface area contributed by atoms with Gasteiger partial charge < -0.3 is 10.1 Å². The van der Waals surface area contributed by atoms with E-state index in [4.69, 9.17) is 16.3 Å². The van der Waals surface area contributed by atoms with Gasteiger partial charge in [-0.15, -0.1) is 0 Å². The van der Waals surface area contributed by atoms with Gasteiger partial charge in [0.15, 0.2) is 0 Å². The third kappa shape index (κ3) is 5.73. The van der Waals surface area contributed by atoms with Gasteiger partial charge in [0.25, 0.3) is 11.6 Å². The van der Waals surface area contributed by atoms with Crippen LogP contribution in [-0.2, 0) is 4.79 Å². The molecule has 0 bridgehead atoms. The van der Waals surface area contributed by atoms with Gasteiger partial charge in [-0.05, 0) is 48.9 Å². The fourth-order valence-electron chi connectivity index (χ4n) is 2.81. The Labute approximate surface area is 198 Å². The standard InChI is InChI=1S/C23H15ClN4O6/c1-14-2-5-17(6-3-14)26-23(29)16(13-25)10-15-4-8-21(19(24)11-15)34-22-9-7-18(27(30)31)12-20(22)28(32)33/h2-12H,1H3,(H,26,29)/b16-10+. The highest BCUT2D eigenvalue weighted by atomic mass is 35.5. The SMILES string of the molecule is Cc1ccc(NC(=O)/C(C#N)=C/c2ccc(Oc3ccc([N+](=O)[O-])cc3[N+](=O)[O-])c(Cl)c2)cc1. The van der Waals surface area contributed by atoms with Crippen molar-refractivity contribution in [3.63, 3.8) is 0 Å². The number of nitro benzene ring substituents is 2. The lowest BCUT2D eigenvalue weighted by Gasteiger charge is -2.09. The van der Waals surface area contributed by atoms with Gasteiger partial charge in [-0.25, -0.2) is 0 Å². The molecule has 3 aromatic carbocycles. The summed E-state index contributed by atoms with van der Waals surface area (Å²) >= 11 is 6.23. The quantitative estimate of drug-likeness (QED) is 0.195. The molecule has 0 unspecified atom stereocenters. The van der Waals surface area contributed by atoms with Crippen LogP contribution < -0.4 is 10.1 Å². The number of nitrogens with one attached hydrogen (secondary N) is 1. The number of nitrogens with zero attached hydrogens (tertiary/aromatic N) is 3. The van der Waals surface area contributed by atoms with Crippen LogP contribution in [0.2, 0.25) is 5.02 Å². The normalized spacial score (nSPS) is 10.8. The molecule has 0 spiro atoms. The number of anilines is 1. The molecule has 0 aromatic heterocycles. The molecular weight excluding hydrogens is 464 g/mol. The zero-order chi connectivity index (χ0) is 24.8. The van der Waals surface area contributed by atoms with Crippen molar-refractivity contribution >= 4 is 40.6 Å². The molecular formula is C23H15ClN4O6. The highest BCUT2D eigenvalue weighted by Crippen LogP contribution is 2.37. The van der Waals surface area contributed by atoms with Crippen LogP contribution in [0.25, 0.3) is 6.08 Å². The first-order valence-electron chi connectivity index (χ1n) is 9.58. The average Bonchev–Trinajstić information content (AvgIpc) is 2.80. The fraction of sp³-hybridized carbons (Fsp3) is 0.0435. The summed E-state index contributed by atoms with van der Waals surface area (Å²) in [4.78, 5) is 33.0. The number of aryl methyl sites for hydroxylation is 1. The number of hydrogen-bond acceptors (Lipinski definition) is 7. The molecule has 0 saturated carbocycles. The Hall–Kier alpha value is -4.75. The summed E-state index contributed by atoms with van der Waals surface area (Å²) in [5.74, 6) is -0.807. The van der Waals surface area contributed by atoms with Gasteiger partial charge in [0.05, 0.1) is 20.9 Å². The first kappa shape index (κ1) is 23.9. The van der Waals surface area contributed by atoms with Crippen molar-refractivity contribution in [1.82, 2.24) is 0 Å². The molecule has 0 radical (unpaired) electrons. The molecule has 0 heterocycles. The Bertz CT molecular complexity index is 1360. The van der Waals surface area contributed by atoms with Crippen LogP contribution in [0.15, 0.2) is 66.2 Å². The number of ether oxygens (including phenoxy) is 1. The maximum absolute atomic E-state index is 12.4. The van der Waals surface area contributed by atoms with Gasteiger partial charge in [0, 0.05) is 11.8 Å². The molecule has 0 aliphatic heterocycles. The summed E-state index contributed by atoms with van der Waals surface area (Å²) in [5.41, 5.74) is 0.725. The third-order valence-corrected chi connectivity index (χ3v) is 4.81. The van der Waals surface area contributed by atoms with Gasteiger partial charge in [0.1, 0.15) is 17.4 Å². The highest BCUT2D eigenvalue weighted by Gasteiger charge is 2.22. The zero-order valence-corrected chi connectivity index (χ0v) is 18.3. The second kappa shape index (κ2) is 10.2. The molecule has 10 nitrogen and oxygen atoms in total. The third-order valence-electron chi connectivity index (χ3n) is 4.51. The lowest BCUT2D eigenvalue weighted by molar-refractivity contribution is -0.394. The minimum Gasteiger partial charge on any atom is -0.449 e. The number of rotatable bonds is 7. The van der Waals surface area contributed by atoms with Crippen molar-refractivity contribution in [2.75, 3.05) is 5.32 Å². The van der Waals surface area contributed by atoms with Gasteiger partial charge >= 0.3 is 5.69 Å². The van der Waals surface area contributed by atoms with Crippen LogP contribution in [0.5, 0.6) is 11.5 Å². The molecule has 0 aliphatic rings. The van der Waals surface area contributed by atoms with Crippen LogP contribution in [0.1, 0.15) is 11.1 Å². The topological polar surface area (TPSA) is 148 Å². The first-order valence-corrected chi connectivity index (χ1v) is 9.96. The van der Waals surface area contributed by atoms with Crippen LogP contribution >= 0.6 is 11.6 Å². The second-order valence-electron chi connectivity index (χ2n) is 6.95. The Balaban J connectivity index is 1.83. The summed E-state index contributed by atoms with van der Waals surface area (Å²) in [6, 6.07) is 16.1. The van der Waals surface area contributed by atoms with E-state index in [1.54, 1.807) is 12.1 Å². The van der Waals surface area contributed by atoms with Crippen LogP contribution in [0, 0.1) is 38.5 Å². The van der Waals surface area contributed by atoms with Crippen molar-refractivity contribution in [3.8, 4) is 17.6 Å². The highest BCUT2D eigenvalue weighted by molar-refractivity contribution is 6.32. The van der Waals surface area contributed by atoms with Crippen molar-refractivity contribution < 1.29 is 19.4 Å². The van der Waals surface area contributed by atoms with E-state index in [1.807, 2.05) is 25.1 Å². The molecule has 0 fully saturated rings. The van der Waals surface area contributed by atoms with Crippen molar-refractivity contribution in [3.05, 3.63) is 103 Å².